The monoisotopic (exact) mass is 604 g/mol. The highest BCUT2D eigenvalue weighted by Crippen LogP contribution is 2.59. The second-order valence-electron chi connectivity index (χ2n) is 8.56. The van der Waals surface area contributed by atoms with Crippen molar-refractivity contribution in [2.45, 2.75) is 16.9 Å². The van der Waals surface area contributed by atoms with Crippen LogP contribution >= 0.6 is 7.60 Å². The summed E-state index contributed by atoms with van der Waals surface area (Å²) in [5.74, 6) is -1.80. The number of anilines is 1. The smallest absolute Gasteiger partial charge is 0.415 e. The van der Waals surface area contributed by atoms with E-state index in [-0.39, 0.29) is 23.0 Å². The van der Waals surface area contributed by atoms with E-state index >= 15 is 0 Å². The Labute approximate surface area is 234 Å². The molecule has 1 atom stereocenters. The normalized spacial score (nSPS) is 12.8. The lowest BCUT2D eigenvalue weighted by atomic mass is 10.2. The van der Waals surface area contributed by atoms with Gasteiger partial charge in [0.1, 0.15) is 11.5 Å². The van der Waals surface area contributed by atoms with Crippen LogP contribution in [-0.4, -0.2) is 14.4 Å². The molecule has 0 aliphatic carbocycles. The van der Waals surface area contributed by atoms with Gasteiger partial charge in [0, 0.05) is 5.69 Å². The number of hydrogen-bond donors (Lipinski definition) is 4. The quantitative estimate of drug-likeness (QED) is 0.0940. The van der Waals surface area contributed by atoms with Crippen molar-refractivity contribution in [1.82, 2.24) is 4.72 Å². The molecule has 14 heteroatoms. The largest absolute Gasteiger partial charge is 0.453 e. The first-order valence-corrected chi connectivity index (χ1v) is 14.9. The average molecular weight is 605 g/mol. The fourth-order valence-electron chi connectivity index (χ4n) is 3.64. The summed E-state index contributed by atoms with van der Waals surface area (Å²) in [4.78, 5) is -0.503. The molecule has 4 aromatic carbocycles. The number of alkyl halides is 3. The second kappa shape index (κ2) is 12.0. The maximum Gasteiger partial charge on any atom is 0.453 e. The molecule has 1 unspecified atom stereocenters. The molecule has 0 radical (unpaired) electrons. The molecule has 4 aromatic rings. The lowest BCUT2D eigenvalue weighted by molar-refractivity contribution is -0.137. The Kier molecular flexibility index (Phi) is 8.72. The third-order valence-electron chi connectivity index (χ3n) is 5.53. The van der Waals surface area contributed by atoms with Crippen molar-refractivity contribution >= 4 is 29.3 Å². The number of sulfonamides is 1. The van der Waals surface area contributed by atoms with Gasteiger partial charge >= 0.3 is 13.8 Å². The predicted molar refractivity (Wildman–Crippen MR) is 148 cm³/mol. The maximum absolute atomic E-state index is 14.6. The molecule has 0 aromatic heterocycles. The summed E-state index contributed by atoms with van der Waals surface area (Å²) in [7, 11) is -9.13. The zero-order valence-electron chi connectivity index (χ0n) is 21.1. The number of para-hydroxylation sites is 2. The summed E-state index contributed by atoms with van der Waals surface area (Å²) in [5, 5.41) is 9.99. The number of benzene rings is 4. The number of halogens is 3. The molecule has 0 fully saturated rings. The number of rotatable bonds is 10. The van der Waals surface area contributed by atoms with Crippen LogP contribution in [0, 0.1) is 5.41 Å². The van der Waals surface area contributed by atoms with Crippen molar-refractivity contribution in [3.63, 3.8) is 0 Å². The van der Waals surface area contributed by atoms with Gasteiger partial charge < -0.3 is 20.1 Å². The zero-order chi connectivity index (χ0) is 29.7. The van der Waals surface area contributed by atoms with Crippen LogP contribution in [0.5, 0.6) is 11.5 Å². The lowest BCUT2D eigenvalue weighted by Crippen LogP contribution is -2.31. The molecule has 0 heterocycles. The Bertz CT molecular complexity index is 1590. The molecule has 4 rings (SSSR count). The van der Waals surface area contributed by atoms with E-state index in [2.05, 4.69) is 10.0 Å². The van der Waals surface area contributed by atoms with Crippen LogP contribution < -0.4 is 24.8 Å². The van der Waals surface area contributed by atoms with Crippen molar-refractivity contribution in [1.29, 1.82) is 5.41 Å². The molecule has 0 bridgehead atoms. The molecule has 0 saturated heterocycles. The maximum atomic E-state index is 14.6. The molecule has 9 nitrogen and oxygen atoms in total. The molecule has 214 valence electrons. The van der Waals surface area contributed by atoms with Gasteiger partial charge in [-0.1, -0.05) is 48.5 Å². The summed E-state index contributed by atoms with van der Waals surface area (Å²) in [6.45, 7) is 0. The van der Waals surface area contributed by atoms with Gasteiger partial charge in [-0.3, -0.25) is 5.41 Å². The topological polar surface area (TPSA) is 144 Å². The molecule has 0 aliphatic rings. The molecule has 5 N–H and O–H groups in total. The van der Waals surface area contributed by atoms with Gasteiger partial charge in [-0.15, -0.1) is 0 Å². The lowest BCUT2D eigenvalue weighted by Gasteiger charge is -2.28. The predicted octanol–water partition coefficient (Wildman–Crippen LogP) is 6.34. The van der Waals surface area contributed by atoms with Crippen molar-refractivity contribution < 1.29 is 35.2 Å². The van der Waals surface area contributed by atoms with E-state index < -0.39 is 40.0 Å². The van der Waals surface area contributed by atoms with Gasteiger partial charge in [-0.05, 0) is 66.2 Å². The first kappa shape index (κ1) is 29.7. The van der Waals surface area contributed by atoms with Gasteiger partial charge in [-0.2, -0.15) is 17.9 Å². The molecular formula is C27H24F3N4O5PS. The Balaban J connectivity index is 1.81. The molecule has 41 heavy (non-hydrogen) atoms. The highest BCUT2D eigenvalue weighted by Gasteiger charge is 2.44. The van der Waals surface area contributed by atoms with Crippen LogP contribution in [0.3, 0.4) is 0 Å². The van der Waals surface area contributed by atoms with Crippen LogP contribution in [0.4, 0.5) is 18.9 Å². The van der Waals surface area contributed by atoms with Crippen LogP contribution in [-0.2, 0) is 20.8 Å². The van der Waals surface area contributed by atoms with E-state index in [1.165, 1.54) is 48.5 Å². The Morgan fingerprint density at radius 3 is 1.73 bits per heavy atom. The minimum absolute atomic E-state index is 0.111. The highest BCUT2D eigenvalue weighted by atomic mass is 32.2. The van der Waals surface area contributed by atoms with E-state index in [4.69, 9.17) is 20.2 Å². The number of nitrogens with two attached hydrogens (primary N) is 1. The summed E-state index contributed by atoms with van der Waals surface area (Å²) in [5.41, 5.74) is 4.85. The molecule has 0 saturated carbocycles. The van der Waals surface area contributed by atoms with Gasteiger partial charge in [0.2, 0.25) is 10.0 Å². The molecule has 0 aliphatic heterocycles. The summed E-state index contributed by atoms with van der Waals surface area (Å²) in [6.07, 6.45) is -4.67. The number of guanidine groups is 1. The fourth-order valence-corrected chi connectivity index (χ4v) is 7.25. The Morgan fingerprint density at radius 2 is 1.29 bits per heavy atom. The van der Waals surface area contributed by atoms with Gasteiger partial charge in [0.05, 0.1) is 10.5 Å². The SMILES string of the molecule is N=C(N)Nc1ccc(C(NS(=O)(=O)c2ccc(C(F)(F)F)cc2)P(=O)(Oc2ccccc2)Oc2ccccc2)cc1. The van der Waals surface area contributed by atoms with Crippen molar-refractivity contribution in [3.8, 4) is 11.5 Å². The van der Waals surface area contributed by atoms with Crippen molar-refractivity contribution in [3.05, 3.63) is 120 Å². The van der Waals surface area contributed by atoms with Crippen LogP contribution in [0.15, 0.2) is 114 Å². The van der Waals surface area contributed by atoms with Crippen LogP contribution in [0.1, 0.15) is 16.9 Å². The van der Waals surface area contributed by atoms with Crippen molar-refractivity contribution in [2.24, 2.45) is 5.73 Å². The zero-order valence-corrected chi connectivity index (χ0v) is 22.8. The van der Waals surface area contributed by atoms with Gasteiger partial charge in [0.25, 0.3) is 0 Å². The van der Waals surface area contributed by atoms with E-state index in [9.17, 15) is 26.2 Å². The van der Waals surface area contributed by atoms with E-state index in [1.54, 1.807) is 36.4 Å². The van der Waals surface area contributed by atoms with E-state index in [0.29, 0.717) is 17.8 Å². The molecular weight excluding hydrogens is 580 g/mol. The minimum Gasteiger partial charge on any atom is -0.415 e. The second-order valence-corrected chi connectivity index (χ2v) is 12.2. The van der Waals surface area contributed by atoms with Gasteiger partial charge in [-0.25, -0.2) is 13.0 Å². The standard InChI is InChI=1S/C27H24F3N4O5PS/c28-27(29,30)20-13-17-24(18-14-20)41(36,37)34-25(19-11-15-21(16-12-19)33-26(31)32)40(35,38-22-7-3-1-4-8-22)39-23-9-5-2-6-10-23/h1-18,25,34H,(H4,31,32,33). The van der Waals surface area contributed by atoms with E-state index in [1.807, 2.05) is 0 Å². The third-order valence-corrected chi connectivity index (χ3v) is 9.14. The van der Waals surface area contributed by atoms with E-state index in [0.717, 1.165) is 12.1 Å². The minimum atomic E-state index is -4.67. The number of hydrogen-bond acceptors (Lipinski definition) is 6. The highest BCUT2D eigenvalue weighted by molar-refractivity contribution is 7.89. The Morgan fingerprint density at radius 1 is 0.805 bits per heavy atom. The summed E-state index contributed by atoms with van der Waals surface area (Å²) < 4.78 is 94.8. The number of nitrogens with one attached hydrogen (secondary N) is 3. The van der Waals surface area contributed by atoms with Crippen LogP contribution in [0.25, 0.3) is 0 Å². The molecule has 0 spiro atoms. The van der Waals surface area contributed by atoms with Crippen molar-refractivity contribution in [2.75, 3.05) is 5.32 Å². The summed E-state index contributed by atoms with van der Waals surface area (Å²) in [6, 6.07) is 24.5. The van der Waals surface area contributed by atoms with Gasteiger partial charge in [0.15, 0.2) is 11.7 Å². The Hall–Kier alpha value is -4.32. The first-order chi connectivity index (χ1) is 19.4. The third kappa shape index (κ3) is 7.66. The first-order valence-electron chi connectivity index (χ1n) is 11.9. The summed E-state index contributed by atoms with van der Waals surface area (Å²) >= 11 is 0. The molecule has 0 amide bonds. The fraction of sp³-hybridized carbons (Fsp3) is 0.0741. The van der Waals surface area contributed by atoms with Crippen LogP contribution in [0.2, 0.25) is 0 Å². The average Bonchev–Trinajstić information content (AvgIpc) is 2.93.